The molecular weight excluding hydrogens is 720 g/mol. The van der Waals surface area contributed by atoms with E-state index in [2.05, 4.69) is 11.2 Å². The van der Waals surface area contributed by atoms with E-state index in [1.54, 1.807) is 11.0 Å². The summed E-state index contributed by atoms with van der Waals surface area (Å²) in [6, 6.07) is 32.5. The van der Waals surface area contributed by atoms with Crippen LogP contribution < -0.4 is 0 Å². The van der Waals surface area contributed by atoms with E-state index >= 15 is 0 Å². The van der Waals surface area contributed by atoms with E-state index in [0.29, 0.717) is 40.1 Å². The molecule has 1 aliphatic rings. The number of ether oxygens (including phenoxy) is 1. The summed E-state index contributed by atoms with van der Waals surface area (Å²) in [5.74, 6) is 0.512. The van der Waals surface area contributed by atoms with Gasteiger partial charge in [0.2, 0.25) is 5.91 Å². The van der Waals surface area contributed by atoms with Gasteiger partial charge < -0.3 is 19.1 Å². The first-order valence-corrected chi connectivity index (χ1v) is 19.0. The Bertz CT molecular complexity index is 2110. The first-order chi connectivity index (χ1) is 25.9. The lowest BCUT2D eigenvalue weighted by atomic mass is 10.0. The molecular formula is C42H43ClN6O4S. The number of hydrogen-bond donors (Lipinski definition) is 0. The number of carbonyl (C=O) groups is 2. The highest BCUT2D eigenvalue weighted by Gasteiger charge is 2.37. The number of halogens is 1. The third kappa shape index (κ3) is 9.63. The fraction of sp³-hybridized carbons (Fsp3) is 0.310. The van der Waals surface area contributed by atoms with Crippen molar-refractivity contribution in [2.24, 2.45) is 4.99 Å². The van der Waals surface area contributed by atoms with E-state index in [0.717, 1.165) is 27.3 Å². The van der Waals surface area contributed by atoms with Crippen molar-refractivity contribution in [3.63, 3.8) is 0 Å². The zero-order chi connectivity index (χ0) is 38.4. The van der Waals surface area contributed by atoms with Gasteiger partial charge in [0, 0.05) is 49.4 Å². The highest BCUT2D eigenvalue weighted by atomic mass is 35.5. The molecule has 6 rings (SSSR count). The second-order valence-corrected chi connectivity index (χ2v) is 16.2. The van der Waals surface area contributed by atoms with Crippen molar-refractivity contribution in [1.29, 1.82) is 5.26 Å². The molecule has 0 saturated carbocycles. The van der Waals surface area contributed by atoms with Crippen LogP contribution in [-0.2, 0) is 22.6 Å². The van der Waals surface area contributed by atoms with Crippen molar-refractivity contribution < 1.29 is 18.8 Å². The molecule has 5 aromatic rings. The third-order valence-electron chi connectivity index (χ3n) is 8.87. The van der Waals surface area contributed by atoms with Crippen LogP contribution in [0.2, 0.25) is 4.34 Å². The average Bonchev–Trinajstić information content (AvgIpc) is 3.79. The van der Waals surface area contributed by atoms with E-state index in [1.807, 2.05) is 135 Å². The molecule has 1 aliphatic heterocycles. The number of nitriles is 1. The maximum absolute atomic E-state index is 14.2. The van der Waals surface area contributed by atoms with Gasteiger partial charge in [0.15, 0.2) is 5.76 Å². The normalized spacial score (nSPS) is 14.9. The van der Waals surface area contributed by atoms with Gasteiger partial charge in [-0.3, -0.25) is 9.69 Å². The Morgan fingerprint density at radius 2 is 1.72 bits per heavy atom. The molecule has 1 fully saturated rings. The number of rotatable bonds is 11. The van der Waals surface area contributed by atoms with Crippen LogP contribution in [0.15, 0.2) is 107 Å². The van der Waals surface area contributed by atoms with Crippen molar-refractivity contribution in [3.05, 3.63) is 129 Å². The summed E-state index contributed by atoms with van der Waals surface area (Å²) in [5.41, 5.74) is 4.30. The van der Waals surface area contributed by atoms with Crippen LogP contribution in [-0.4, -0.2) is 74.9 Å². The minimum absolute atomic E-state index is 0.100. The van der Waals surface area contributed by atoms with E-state index in [1.165, 1.54) is 11.3 Å². The molecule has 3 heterocycles. The topological polar surface area (TPSA) is 115 Å². The highest BCUT2D eigenvalue weighted by molar-refractivity contribution is 7.19. The van der Waals surface area contributed by atoms with Gasteiger partial charge in [-0.1, -0.05) is 83.5 Å². The molecule has 1 atom stereocenters. The number of thiophene rings is 1. The molecule has 12 heteroatoms. The van der Waals surface area contributed by atoms with Crippen LogP contribution in [0.3, 0.4) is 0 Å². The van der Waals surface area contributed by atoms with Gasteiger partial charge in [-0.25, -0.2) is 9.79 Å². The second-order valence-electron chi connectivity index (χ2n) is 14.5. The molecule has 0 aliphatic carbocycles. The van der Waals surface area contributed by atoms with Crippen molar-refractivity contribution in [2.45, 2.75) is 65.4 Å². The van der Waals surface area contributed by atoms with Crippen molar-refractivity contribution in [3.8, 4) is 16.7 Å². The predicted molar refractivity (Wildman–Crippen MR) is 212 cm³/mol. The summed E-state index contributed by atoms with van der Waals surface area (Å²) in [6.07, 6.45) is -0.442. The van der Waals surface area contributed by atoms with E-state index in [4.69, 9.17) is 25.9 Å². The summed E-state index contributed by atoms with van der Waals surface area (Å²) in [5, 5.41) is 14.4. The zero-order valence-electron chi connectivity index (χ0n) is 31.0. The fourth-order valence-corrected chi connectivity index (χ4v) is 7.32. The lowest BCUT2D eigenvalue weighted by molar-refractivity contribution is -0.142. The molecule has 10 nitrogen and oxygen atoms in total. The standard InChI is InChI=1S/C42H43ClN6O4S/c1-28(2)48(41(51)52-42(3,4)5)26-34-25-47(24-33-21-36(53-46-33)37-18-19-38(43)54-37)27-39(50)49(34)23-29-16-17-32(22-44)35(20-29)45-40(30-12-8-6-9-13-30)31-14-10-7-11-15-31/h6-21,28,34H,23-27H2,1-5H3/t34-/m1/s1. The Morgan fingerprint density at radius 3 is 2.31 bits per heavy atom. The van der Waals surface area contributed by atoms with Crippen LogP contribution in [0.1, 0.15) is 62.6 Å². The number of amides is 2. The molecule has 0 radical (unpaired) electrons. The Hall–Kier alpha value is -5.28. The van der Waals surface area contributed by atoms with Crippen molar-refractivity contribution in [2.75, 3.05) is 19.6 Å². The summed E-state index contributed by atoms with van der Waals surface area (Å²) in [4.78, 5) is 39.1. The van der Waals surface area contributed by atoms with Gasteiger partial charge in [0.1, 0.15) is 11.7 Å². The van der Waals surface area contributed by atoms with E-state index in [-0.39, 0.29) is 31.6 Å². The fourth-order valence-electron chi connectivity index (χ4n) is 6.33. The number of hydrogen-bond acceptors (Lipinski definition) is 9. The van der Waals surface area contributed by atoms with Crippen molar-refractivity contribution >= 4 is 46.3 Å². The summed E-state index contributed by atoms with van der Waals surface area (Å²) in [6.45, 7) is 10.9. The van der Waals surface area contributed by atoms with Crippen molar-refractivity contribution in [1.82, 2.24) is 19.9 Å². The van der Waals surface area contributed by atoms with E-state index in [9.17, 15) is 14.9 Å². The summed E-state index contributed by atoms with van der Waals surface area (Å²) in [7, 11) is 0. The molecule has 0 N–H and O–H groups in total. The van der Waals surface area contributed by atoms with E-state index < -0.39 is 17.7 Å². The average molecular weight is 763 g/mol. The molecule has 2 aromatic heterocycles. The van der Waals surface area contributed by atoms with Gasteiger partial charge >= 0.3 is 6.09 Å². The summed E-state index contributed by atoms with van der Waals surface area (Å²) >= 11 is 7.55. The molecule has 3 aromatic carbocycles. The lowest BCUT2D eigenvalue weighted by Gasteiger charge is -2.43. The first kappa shape index (κ1) is 38.4. The van der Waals surface area contributed by atoms with Gasteiger partial charge in [0.05, 0.1) is 44.5 Å². The largest absolute Gasteiger partial charge is 0.444 e. The number of piperazine rings is 1. The monoisotopic (exact) mass is 762 g/mol. The second kappa shape index (κ2) is 16.8. The van der Waals surface area contributed by atoms with Crippen LogP contribution >= 0.6 is 22.9 Å². The maximum Gasteiger partial charge on any atom is 0.410 e. The molecule has 2 amide bonds. The van der Waals surface area contributed by atoms with Gasteiger partial charge in [-0.05, 0) is 64.4 Å². The first-order valence-electron chi connectivity index (χ1n) is 17.8. The molecule has 0 unspecified atom stereocenters. The number of nitrogens with zero attached hydrogens (tertiary/aromatic N) is 6. The minimum Gasteiger partial charge on any atom is -0.444 e. The molecule has 278 valence electrons. The Morgan fingerprint density at radius 1 is 1.04 bits per heavy atom. The minimum atomic E-state index is -0.687. The van der Waals surface area contributed by atoms with Crippen LogP contribution in [0.4, 0.5) is 10.5 Å². The third-order valence-corrected chi connectivity index (χ3v) is 10.1. The Kier molecular flexibility index (Phi) is 12.0. The summed E-state index contributed by atoms with van der Waals surface area (Å²) < 4.78 is 12.1. The number of aromatic nitrogens is 1. The Labute approximate surface area is 325 Å². The van der Waals surface area contributed by atoms with Crippen LogP contribution in [0, 0.1) is 11.3 Å². The van der Waals surface area contributed by atoms with Crippen LogP contribution in [0.25, 0.3) is 10.6 Å². The molecule has 0 spiro atoms. The number of benzene rings is 3. The Balaban J connectivity index is 1.31. The quantitative estimate of drug-likeness (QED) is 0.123. The molecule has 0 bridgehead atoms. The highest BCUT2D eigenvalue weighted by Crippen LogP contribution is 2.32. The lowest BCUT2D eigenvalue weighted by Crippen LogP contribution is -2.60. The molecule has 54 heavy (non-hydrogen) atoms. The number of carbonyl (C=O) groups excluding carboxylic acids is 2. The molecule has 1 saturated heterocycles. The number of aliphatic imine (C=N–C) groups is 1. The smallest absolute Gasteiger partial charge is 0.410 e. The SMILES string of the molecule is CC(C)N(C[C@H]1CN(Cc2cc(-c3ccc(Cl)s3)on2)CC(=O)N1Cc1ccc(C#N)c(N=C(c2ccccc2)c2ccccc2)c1)C(=O)OC(C)(C)C. The van der Waals surface area contributed by atoms with Gasteiger partial charge in [-0.2, -0.15) is 5.26 Å². The van der Waals surface area contributed by atoms with Gasteiger partial charge in [0.25, 0.3) is 0 Å². The van der Waals surface area contributed by atoms with Gasteiger partial charge in [-0.15, -0.1) is 11.3 Å². The van der Waals surface area contributed by atoms with Crippen LogP contribution in [0.5, 0.6) is 0 Å². The zero-order valence-corrected chi connectivity index (χ0v) is 32.6. The maximum atomic E-state index is 14.2. The predicted octanol–water partition coefficient (Wildman–Crippen LogP) is 8.96.